The number of aliphatic hydroxyl groups is 1. The molecule has 3 N–H and O–H groups in total. The third kappa shape index (κ3) is 8.18. The van der Waals surface area contributed by atoms with Crippen LogP contribution in [0, 0.1) is 33.0 Å². The van der Waals surface area contributed by atoms with Crippen LogP contribution in [0.5, 0.6) is 0 Å². The summed E-state index contributed by atoms with van der Waals surface area (Å²) >= 11 is 0. The number of carbonyl (C=O) groups is 2. The summed E-state index contributed by atoms with van der Waals surface area (Å²) in [6, 6.07) is 0. The maximum absolute atomic E-state index is 13.8. The molecule has 0 bridgehead atoms. The molecule has 0 heterocycles. The van der Waals surface area contributed by atoms with E-state index in [4.69, 9.17) is 15.2 Å². The Kier molecular flexibility index (Phi) is 13.7. The molecule has 214 valence electrons. The maximum atomic E-state index is 13.8. The van der Waals surface area contributed by atoms with Gasteiger partial charge >= 0.3 is 11.9 Å². The van der Waals surface area contributed by atoms with E-state index in [9.17, 15) is 14.7 Å². The summed E-state index contributed by atoms with van der Waals surface area (Å²) in [5.41, 5.74) is 3.43. The van der Waals surface area contributed by atoms with Crippen LogP contribution >= 0.6 is 0 Å². The highest BCUT2D eigenvalue weighted by atomic mass is 16.5. The van der Waals surface area contributed by atoms with Gasteiger partial charge in [0.05, 0.1) is 24.0 Å². The molecule has 0 aliphatic heterocycles. The van der Waals surface area contributed by atoms with Crippen LogP contribution in [0.3, 0.4) is 0 Å². The van der Waals surface area contributed by atoms with Gasteiger partial charge in [0, 0.05) is 0 Å². The predicted octanol–water partition coefficient (Wildman–Crippen LogP) is 6.52. The van der Waals surface area contributed by atoms with E-state index in [-0.39, 0.29) is 47.3 Å². The van der Waals surface area contributed by atoms with Gasteiger partial charge in [-0.1, -0.05) is 81.6 Å². The summed E-state index contributed by atoms with van der Waals surface area (Å²) in [5, 5.41) is 9.30. The van der Waals surface area contributed by atoms with Crippen LogP contribution < -0.4 is 5.73 Å². The van der Waals surface area contributed by atoms with Crippen LogP contribution in [0.15, 0.2) is 0 Å². The lowest BCUT2D eigenvalue weighted by molar-refractivity contribution is -0.175. The van der Waals surface area contributed by atoms with Crippen molar-refractivity contribution in [2.75, 3.05) is 26.4 Å². The predicted molar refractivity (Wildman–Crippen MR) is 148 cm³/mol. The molecule has 0 radical (unpaired) electrons. The Morgan fingerprint density at radius 2 is 1.36 bits per heavy atom. The second kappa shape index (κ2) is 14.1. The van der Waals surface area contributed by atoms with Crippen LogP contribution in [-0.2, 0) is 19.1 Å². The molecule has 0 aromatic carbocycles. The molecule has 0 fully saturated rings. The zero-order valence-electron chi connectivity index (χ0n) is 25.5. The largest absolute Gasteiger partial charge is 0.465 e. The van der Waals surface area contributed by atoms with E-state index in [1.165, 1.54) is 0 Å². The number of esters is 2. The molecule has 36 heavy (non-hydrogen) atoms. The summed E-state index contributed by atoms with van der Waals surface area (Å²) in [7, 11) is 0. The van der Waals surface area contributed by atoms with Gasteiger partial charge in [-0.25, -0.2) is 0 Å². The normalized spacial score (nSPS) is 18.5. The van der Waals surface area contributed by atoms with Crippen molar-refractivity contribution in [1.82, 2.24) is 0 Å². The van der Waals surface area contributed by atoms with E-state index in [1.54, 1.807) is 0 Å². The zero-order chi connectivity index (χ0) is 28.4. The Morgan fingerprint density at radius 3 is 1.78 bits per heavy atom. The lowest BCUT2D eigenvalue weighted by Gasteiger charge is -2.53. The van der Waals surface area contributed by atoms with Gasteiger partial charge in [-0.2, -0.15) is 0 Å². The average molecular weight is 514 g/mol. The summed E-state index contributed by atoms with van der Waals surface area (Å²) in [6.07, 6.45) is 5.28. The molecule has 0 spiro atoms. The first-order valence-corrected chi connectivity index (χ1v) is 14.2. The summed E-state index contributed by atoms with van der Waals surface area (Å²) in [4.78, 5) is 27.3. The molecule has 0 amide bonds. The SMILES string of the molecule is CCC(C(C)(CC)CC(C)(C(=O)OCCO)C(C)(C)CC)C(C)(CC(C)(C)CC)C(=O)OCCCN. The molecule has 0 saturated heterocycles. The third-order valence-corrected chi connectivity index (χ3v) is 9.59. The van der Waals surface area contributed by atoms with E-state index in [2.05, 4.69) is 69.2 Å². The van der Waals surface area contributed by atoms with E-state index in [0.717, 1.165) is 25.7 Å². The number of carbonyl (C=O) groups excluding carboxylic acids is 2. The van der Waals surface area contributed by atoms with Gasteiger partial charge < -0.3 is 20.3 Å². The highest BCUT2D eigenvalue weighted by Crippen LogP contribution is 2.58. The van der Waals surface area contributed by atoms with Gasteiger partial charge in [0.25, 0.3) is 0 Å². The van der Waals surface area contributed by atoms with Crippen LogP contribution in [0.2, 0.25) is 0 Å². The minimum absolute atomic E-state index is 0.00978. The minimum Gasteiger partial charge on any atom is -0.465 e. The smallest absolute Gasteiger partial charge is 0.312 e. The van der Waals surface area contributed by atoms with Crippen molar-refractivity contribution in [3.05, 3.63) is 0 Å². The molecule has 6 heteroatoms. The van der Waals surface area contributed by atoms with Crippen molar-refractivity contribution in [2.24, 2.45) is 38.7 Å². The van der Waals surface area contributed by atoms with Gasteiger partial charge in [-0.05, 0) is 68.2 Å². The Bertz CT molecular complexity index is 691. The van der Waals surface area contributed by atoms with Gasteiger partial charge in [0.15, 0.2) is 0 Å². The standard InChI is InChI=1S/C30H59NO5/c1-12-23(29(10,21-26(5,6)13-2)24(33)35-19-16-17-31)28(9,15-4)22-30(11,27(7,8)14-3)25(34)36-20-18-32/h23,32H,12-22,31H2,1-11H3. The minimum atomic E-state index is -0.792. The number of nitrogens with two attached hydrogens (primary N) is 1. The first kappa shape index (κ1) is 34.9. The van der Waals surface area contributed by atoms with Crippen molar-refractivity contribution in [3.8, 4) is 0 Å². The quantitative estimate of drug-likeness (QED) is 0.160. The van der Waals surface area contributed by atoms with Crippen molar-refractivity contribution in [3.63, 3.8) is 0 Å². The topological polar surface area (TPSA) is 98.8 Å². The van der Waals surface area contributed by atoms with Crippen LogP contribution in [-0.4, -0.2) is 43.4 Å². The Labute approximate surface area is 222 Å². The Morgan fingerprint density at radius 1 is 0.806 bits per heavy atom. The van der Waals surface area contributed by atoms with Crippen molar-refractivity contribution in [1.29, 1.82) is 0 Å². The second-order valence-corrected chi connectivity index (χ2v) is 13.0. The number of aliphatic hydroxyl groups excluding tert-OH is 1. The highest BCUT2D eigenvalue weighted by Gasteiger charge is 2.57. The molecule has 0 aromatic rings. The number of ether oxygens (including phenoxy) is 2. The Balaban J connectivity index is 6.75. The summed E-state index contributed by atoms with van der Waals surface area (Å²) in [5.74, 6) is -0.453. The summed E-state index contributed by atoms with van der Waals surface area (Å²) in [6.45, 7) is 24.1. The van der Waals surface area contributed by atoms with Crippen molar-refractivity contribution >= 4 is 11.9 Å². The molecule has 4 unspecified atom stereocenters. The molecule has 0 rings (SSSR count). The van der Waals surface area contributed by atoms with Crippen LogP contribution in [0.1, 0.15) is 121 Å². The molecular formula is C30H59NO5. The van der Waals surface area contributed by atoms with Gasteiger partial charge in [0.1, 0.15) is 6.61 Å². The monoisotopic (exact) mass is 513 g/mol. The molecule has 0 aliphatic rings. The zero-order valence-corrected chi connectivity index (χ0v) is 25.5. The van der Waals surface area contributed by atoms with Gasteiger partial charge in [-0.15, -0.1) is 0 Å². The van der Waals surface area contributed by atoms with Crippen LogP contribution in [0.4, 0.5) is 0 Å². The molecule has 0 aliphatic carbocycles. The third-order valence-electron chi connectivity index (χ3n) is 9.59. The first-order valence-electron chi connectivity index (χ1n) is 14.2. The lowest BCUT2D eigenvalue weighted by atomic mass is 9.50. The number of hydrogen-bond donors (Lipinski definition) is 2. The highest BCUT2D eigenvalue weighted by molar-refractivity contribution is 5.78. The fourth-order valence-corrected chi connectivity index (χ4v) is 6.16. The molecule has 6 nitrogen and oxygen atoms in total. The summed E-state index contributed by atoms with van der Waals surface area (Å²) < 4.78 is 11.4. The average Bonchev–Trinajstić information content (AvgIpc) is 2.82. The molecular weight excluding hydrogens is 454 g/mol. The van der Waals surface area contributed by atoms with Gasteiger partial charge in [-0.3, -0.25) is 9.59 Å². The van der Waals surface area contributed by atoms with E-state index in [1.807, 2.05) is 6.92 Å². The van der Waals surface area contributed by atoms with Crippen molar-refractivity contribution < 1.29 is 24.2 Å². The fraction of sp³-hybridized carbons (Fsp3) is 0.933. The van der Waals surface area contributed by atoms with E-state index < -0.39 is 10.8 Å². The molecule has 0 saturated carbocycles. The van der Waals surface area contributed by atoms with Gasteiger partial charge in [0.2, 0.25) is 0 Å². The second-order valence-electron chi connectivity index (χ2n) is 13.0. The lowest BCUT2D eigenvalue weighted by Crippen LogP contribution is -2.52. The molecule has 4 atom stereocenters. The fourth-order valence-electron chi connectivity index (χ4n) is 6.16. The molecule has 0 aromatic heterocycles. The number of rotatable bonds is 18. The van der Waals surface area contributed by atoms with Crippen LogP contribution in [0.25, 0.3) is 0 Å². The van der Waals surface area contributed by atoms with Crippen molar-refractivity contribution in [2.45, 2.75) is 121 Å². The first-order chi connectivity index (χ1) is 16.5. The Hall–Kier alpha value is -1.14. The van der Waals surface area contributed by atoms with E-state index >= 15 is 0 Å². The maximum Gasteiger partial charge on any atom is 0.312 e. The number of hydrogen-bond acceptors (Lipinski definition) is 6. The van der Waals surface area contributed by atoms with E-state index in [0.29, 0.717) is 32.4 Å².